The largest absolute Gasteiger partial charge is 0.481 e. The fraction of sp³-hybridized carbons (Fsp3) is 0.391. The van der Waals surface area contributed by atoms with Crippen LogP contribution in [0.3, 0.4) is 0 Å². The van der Waals surface area contributed by atoms with Gasteiger partial charge in [0.2, 0.25) is 5.91 Å². The Morgan fingerprint density at radius 1 is 1.07 bits per heavy atom. The smallest absolute Gasteiger partial charge is 0.315 e. The van der Waals surface area contributed by atoms with E-state index < -0.39 is 16.8 Å². The van der Waals surface area contributed by atoms with Gasteiger partial charge in [-0.3, -0.25) is 9.59 Å². The molecular formula is C23H27NO4. The Balaban J connectivity index is 1.86. The zero-order valence-corrected chi connectivity index (χ0v) is 16.4. The van der Waals surface area contributed by atoms with Gasteiger partial charge in [0.05, 0.1) is 5.41 Å². The summed E-state index contributed by atoms with van der Waals surface area (Å²) < 4.78 is 5.50. The second kappa shape index (κ2) is 8.15. The molecular weight excluding hydrogens is 354 g/mol. The van der Waals surface area contributed by atoms with Crippen molar-refractivity contribution >= 4 is 11.9 Å². The number of amides is 1. The molecule has 2 aromatic carbocycles. The highest BCUT2D eigenvalue weighted by Crippen LogP contribution is 2.36. The second-order valence-corrected chi connectivity index (χ2v) is 7.75. The van der Waals surface area contributed by atoms with Crippen molar-refractivity contribution in [1.29, 1.82) is 0 Å². The normalized spacial score (nSPS) is 18.1. The first-order chi connectivity index (χ1) is 13.4. The molecule has 1 amide bonds. The Morgan fingerprint density at radius 3 is 2.25 bits per heavy atom. The molecule has 0 bridgehead atoms. The van der Waals surface area contributed by atoms with Crippen molar-refractivity contribution in [2.75, 3.05) is 19.8 Å². The van der Waals surface area contributed by atoms with E-state index in [1.807, 2.05) is 49.4 Å². The van der Waals surface area contributed by atoms with E-state index in [0.717, 1.165) is 11.1 Å². The molecule has 1 fully saturated rings. The molecule has 28 heavy (non-hydrogen) atoms. The van der Waals surface area contributed by atoms with Crippen LogP contribution in [0.1, 0.15) is 36.5 Å². The van der Waals surface area contributed by atoms with Gasteiger partial charge in [-0.15, -0.1) is 0 Å². The molecule has 0 spiro atoms. The SMILES string of the molecule is Cc1ccc(C2(C(=O)NCC(C)(C(=O)O)c3ccccc3)CCOCC2)cc1. The zero-order valence-electron chi connectivity index (χ0n) is 16.4. The van der Waals surface area contributed by atoms with Gasteiger partial charge in [-0.2, -0.15) is 0 Å². The Hall–Kier alpha value is -2.66. The number of hydrogen-bond donors (Lipinski definition) is 2. The average Bonchev–Trinajstić information content (AvgIpc) is 2.73. The predicted molar refractivity (Wildman–Crippen MR) is 107 cm³/mol. The van der Waals surface area contributed by atoms with Gasteiger partial charge in [0, 0.05) is 19.8 Å². The summed E-state index contributed by atoms with van der Waals surface area (Å²) in [5, 5.41) is 12.8. The minimum Gasteiger partial charge on any atom is -0.481 e. The van der Waals surface area contributed by atoms with Gasteiger partial charge in [0.25, 0.3) is 0 Å². The monoisotopic (exact) mass is 381 g/mol. The van der Waals surface area contributed by atoms with Crippen molar-refractivity contribution in [3.8, 4) is 0 Å². The Kier molecular flexibility index (Phi) is 5.84. The van der Waals surface area contributed by atoms with E-state index in [4.69, 9.17) is 4.74 Å². The fourth-order valence-corrected chi connectivity index (χ4v) is 3.77. The van der Waals surface area contributed by atoms with E-state index in [1.165, 1.54) is 0 Å². The number of carboxylic acid groups (broad SMARTS) is 1. The first kappa shape index (κ1) is 20.1. The third kappa shape index (κ3) is 3.80. The average molecular weight is 381 g/mol. The molecule has 1 heterocycles. The van der Waals surface area contributed by atoms with Gasteiger partial charge >= 0.3 is 5.97 Å². The second-order valence-electron chi connectivity index (χ2n) is 7.75. The first-order valence-electron chi connectivity index (χ1n) is 9.61. The van der Waals surface area contributed by atoms with Gasteiger partial charge in [-0.1, -0.05) is 60.2 Å². The van der Waals surface area contributed by atoms with E-state index in [1.54, 1.807) is 19.1 Å². The Labute approximate surface area is 165 Å². The molecule has 0 aliphatic carbocycles. The number of carbonyl (C=O) groups is 2. The quantitative estimate of drug-likeness (QED) is 0.806. The van der Waals surface area contributed by atoms with Crippen LogP contribution >= 0.6 is 0 Å². The number of aliphatic carboxylic acids is 1. The van der Waals surface area contributed by atoms with Crippen molar-refractivity contribution in [3.63, 3.8) is 0 Å². The van der Waals surface area contributed by atoms with Gasteiger partial charge in [-0.25, -0.2) is 0 Å². The van der Waals surface area contributed by atoms with Gasteiger partial charge in [0.15, 0.2) is 0 Å². The standard InChI is InChI=1S/C23H27NO4/c1-17-8-10-19(11-9-17)23(12-14-28-15-13-23)20(25)24-16-22(2,21(26)27)18-6-4-3-5-7-18/h3-11H,12-16H2,1-2H3,(H,24,25)(H,26,27). The molecule has 1 aliphatic heterocycles. The van der Waals surface area contributed by atoms with E-state index in [9.17, 15) is 14.7 Å². The molecule has 0 aromatic heterocycles. The molecule has 1 unspecified atom stereocenters. The van der Waals surface area contributed by atoms with E-state index in [2.05, 4.69) is 5.32 Å². The number of rotatable bonds is 6. The van der Waals surface area contributed by atoms with Crippen LogP contribution in [-0.4, -0.2) is 36.7 Å². The summed E-state index contributed by atoms with van der Waals surface area (Å²) in [6.45, 7) is 4.71. The zero-order chi connectivity index (χ0) is 20.2. The highest BCUT2D eigenvalue weighted by Gasteiger charge is 2.43. The highest BCUT2D eigenvalue weighted by molar-refractivity contribution is 5.89. The molecule has 2 N–H and O–H groups in total. The van der Waals surface area contributed by atoms with E-state index in [0.29, 0.717) is 31.6 Å². The maximum atomic E-state index is 13.3. The van der Waals surface area contributed by atoms with Crippen molar-refractivity contribution in [2.45, 2.75) is 37.5 Å². The maximum Gasteiger partial charge on any atom is 0.315 e. The lowest BCUT2D eigenvalue weighted by atomic mass is 9.72. The molecule has 3 rings (SSSR count). The molecule has 5 nitrogen and oxygen atoms in total. The van der Waals surface area contributed by atoms with Crippen LogP contribution < -0.4 is 5.32 Å². The van der Waals surface area contributed by atoms with Crippen LogP contribution in [0.25, 0.3) is 0 Å². The number of aryl methyl sites for hydroxylation is 1. The molecule has 0 saturated carbocycles. The maximum absolute atomic E-state index is 13.3. The van der Waals surface area contributed by atoms with Crippen LogP contribution in [0, 0.1) is 6.92 Å². The summed E-state index contributed by atoms with van der Waals surface area (Å²) in [5.41, 5.74) is 0.863. The lowest BCUT2D eigenvalue weighted by molar-refractivity contribution is -0.143. The predicted octanol–water partition coefficient (Wildman–Crippen LogP) is 3.20. The molecule has 1 atom stereocenters. The van der Waals surface area contributed by atoms with Gasteiger partial charge in [-0.05, 0) is 37.8 Å². The van der Waals surface area contributed by atoms with Crippen LogP contribution in [0.4, 0.5) is 0 Å². The molecule has 5 heteroatoms. The highest BCUT2D eigenvalue weighted by atomic mass is 16.5. The van der Waals surface area contributed by atoms with Crippen LogP contribution in [0.2, 0.25) is 0 Å². The third-order valence-corrected chi connectivity index (χ3v) is 5.87. The number of ether oxygens (including phenoxy) is 1. The summed E-state index contributed by atoms with van der Waals surface area (Å²) in [6, 6.07) is 17.0. The van der Waals surface area contributed by atoms with Crippen LogP contribution in [0.5, 0.6) is 0 Å². The lowest BCUT2D eigenvalue weighted by Gasteiger charge is -2.37. The summed E-state index contributed by atoms with van der Waals surface area (Å²) in [6.07, 6.45) is 1.16. The number of hydrogen-bond acceptors (Lipinski definition) is 3. The van der Waals surface area contributed by atoms with E-state index in [-0.39, 0.29) is 12.5 Å². The molecule has 1 saturated heterocycles. The number of carbonyl (C=O) groups excluding carboxylic acids is 1. The van der Waals surface area contributed by atoms with E-state index >= 15 is 0 Å². The van der Waals surface area contributed by atoms with Crippen molar-refractivity contribution < 1.29 is 19.4 Å². The first-order valence-corrected chi connectivity index (χ1v) is 9.61. The number of nitrogens with one attached hydrogen (secondary N) is 1. The summed E-state index contributed by atoms with van der Waals surface area (Å²) in [7, 11) is 0. The Bertz CT molecular complexity index is 825. The number of benzene rings is 2. The van der Waals surface area contributed by atoms with Crippen molar-refractivity contribution in [2.24, 2.45) is 0 Å². The lowest BCUT2D eigenvalue weighted by Crippen LogP contribution is -2.52. The van der Waals surface area contributed by atoms with Gasteiger partial charge in [0.1, 0.15) is 5.41 Å². The van der Waals surface area contributed by atoms with Crippen molar-refractivity contribution in [1.82, 2.24) is 5.32 Å². The minimum atomic E-state index is -1.20. The summed E-state index contributed by atoms with van der Waals surface area (Å²) in [4.78, 5) is 25.4. The summed E-state index contributed by atoms with van der Waals surface area (Å²) in [5.74, 6) is -1.10. The molecule has 0 radical (unpaired) electrons. The Morgan fingerprint density at radius 2 is 1.68 bits per heavy atom. The van der Waals surface area contributed by atoms with Gasteiger partial charge < -0.3 is 15.2 Å². The molecule has 1 aliphatic rings. The molecule has 148 valence electrons. The van der Waals surface area contributed by atoms with Crippen LogP contribution in [0.15, 0.2) is 54.6 Å². The topological polar surface area (TPSA) is 75.6 Å². The number of carboxylic acids is 1. The fourth-order valence-electron chi connectivity index (χ4n) is 3.77. The minimum absolute atomic E-state index is 0.0274. The van der Waals surface area contributed by atoms with Crippen molar-refractivity contribution in [3.05, 3.63) is 71.3 Å². The molecule has 2 aromatic rings. The third-order valence-electron chi connectivity index (χ3n) is 5.87. The summed E-state index contributed by atoms with van der Waals surface area (Å²) >= 11 is 0. The van der Waals surface area contributed by atoms with Crippen LogP contribution in [-0.2, 0) is 25.2 Å².